The Morgan fingerprint density at radius 3 is 2.20 bits per heavy atom. The van der Waals surface area contributed by atoms with Gasteiger partial charge < -0.3 is 10.7 Å². The van der Waals surface area contributed by atoms with Crippen LogP contribution in [-0.2, 0) is 5.41 Å². The van der Waals surface area contributed by atoms with E-state index in [1.807, 2.05) is 34.6 Å². The van der Waals surface area contributed by atoms with Gasteiger partial charge in [-0.25, -0.2) is 4.98 Å². The van der Waals surface area contributed by atoms with Gasteiger partial charge in [0.15, 0.2) is 0 Å². The van der Waals surface area contributed by atoms with Crippen molar-refractivity contribution in [1.29, 1.82) is 0 Å². The molecule has 0 aliphatic carbocycles. The molecule has 4 nitrogen and oxygen atoms in total. The number of imidazole rings is 1. The number of nitrogens with one attached hydrogen (secondary N) is 1. The molecule has 3 N–H and O–H groups in total. The molecule has 0 fully saturated rings. The van der Waals surface area contributed by atoms with Crippen LogP contribution in [0.5, 0.6) is 0 Å². The molecule has 0 unspecified atom stereocenters. The molecule has 1 aromatic heterocycles. The number of carbonyl (C=O) groups is 1. The molecule has 1 amide bonds. The van der Waals surface area contributed by atoms with Crippen LogP contribution in [0.4, 0.5) is 0 Å². The zero-order chi connectivity index (χ0) is 11.8. The number of H-pyrrole nitrogens is 1. The monoisotopic (exact) mass is 209 g/mol. The second kappa shape index (κ2) is 3.68. The molecule has 15 heavy (non-hydrogen) atoms. The van der Waals surface area contributed by atoms with E-state index in [0.29, 0.717) is 5.69 Å². The molecule has 1 rings (SSSR count). The lowest BCUT2D eigenvalue weighted by molar-refractivity contribution is 0.0993. The maximum absolute atomic E-state index is 11.2. The summed E-state index contributed by atoms with van der Waals surface area (Å²) >= 11 is 0. The molecule has 4 heteroatoms. The highest BCUT2D eigenvalue weighted by Crippen LogP contribution is 2.25. The van der Waals surface area contributed by atoms with Gasteiger partial charge in [0.05, 0.1) is 5.69 Å². The quantitative estimate of drug-likeness (QED) is 0.781. The number of hydrogen-bond donors (Lipinski definition) is 2. The molecular formula is C11H19N3O. The minimum absolute atomic E-state index is 0.148. The first-order valence-electron chi connectivity index (χ1n) is 5.13. The maximum Gasteiger partial charge on any atom is 0.269 e. The number of carbonyl (C=O) groups excluding carboxylic acids is 1. The first-order chi connectivity index (χ1) is 6.73. The van der Waals surface area contributed by atoms with Crippen molar-refractivity contribution in [2.24, 2.45) is 5.73 Å². The van der Waals surface area contributed by atoms with Crippen LogP contribution in [0, 0.1) is 0 Å². The zero-order valence-electron chi connectivity index (χ0n) is 10.0. The van der Waals surface area contributed by atoms with Gasteiger partial charge in [-0.15, -0.1) is 0 Å². The van der Waals surface area contributed by atoms with Crippen LogP contribution in [0.3, 0.4) is 0 Å². The lowest BCUT2D eigenvalue weighted by Crippen LogP contribution is -2.21. The minimum atomic E-state index is -0.469. The van der Waals surface area contributed by atoms with Crippen molar-refractivity contribution in [1.82, 2.24) is 9.97 Å². The van der Waals surface area contributed by atoms with Gasteiger partial charge in [0.1, 0.15) is 11.5 Å². The number of rotatable bonds is 2. The highest BCUT2D eigenvalue weighted by atomic mass is 16.1. The van der Waals surface area contributed by atoms with Crippen LogP contribution >= 0.6 is 0 Å². The summed E-state index contributed by atoms with van der Waals surface area (Å²) < 4.78 is 0. The Labute approximate surface area is 90.3 Å². The molecule has 0 aromatic carbocycles. The third kappa shape index (κ3) is 2.37. The minimum Gasteiger partial charge on any atom is -0.364 e. The molecule has 0 saturated carbocycles. The van der Waals surface area contributed by atoms with Crippen molar-refractivity contribution in [3.8, 4) is 0 Å². The second-order valence-electron chi connectivity index (χ2n) is 5.11. The third-order valence-corrected chi connectivity index (χ3v) is 2.25. The molecule has 1 aromatic rings. The third-order valence-electron chi connectivity index (χ3n) is 2.25. The largest absolute Gasteiger partial charge is 0.364 e. The van der Waals surface area contributed by atoms with E-state index in [-0.39, 0.29) is 11.3 Å². The summed E-state index contributed by atoms with van der Waals surface area (Å²) in [5, 5.41) is 0. The fourth-order valence-corrected chi connectivity index (χ4v) is 1.39. The Morgan fingerprint density at radius 1 is 1.40 bits per heavy atom. The molecule has 0 aliphatic heterocycles. The predicted octanol–water partition coefficient (Wildman–Crippen LogP) is 1.93. The van der Waals surface area contributed by atoms with Crippen molar-refractivity contribution >= 4 is 5.91 Å². The van der Waals surface area contributed by atoms with Crippen LogP contribution < -0.4 is 5.73 Å². The summed E-state index contributed by atoms with van der Waals surface area (Å²) in [5.74, 6) is 0.607. The van der Waals surface area contributed by atoms with Gasteiger partial charge >= 0.3 is 0 Å². The SMILES string of the molecule is CC(C)c1nc(C(N)=O)c(C(C)(C)C)[nH]1. The van der Waals surface area contributed by atoms with Gasteiger partial charge in [0.2, 0.25) is 0 Å². The fourth-order valence-electron chi connectivity index (χ4n) is 1.39. The summed E-state index contributed by atoms with van der Waals surface area (Å²) in [5.41, 5.74) is 6.34. The predicted molar refractivity (Wildman–Crippen MR) is 59.9 cm³/mol. The number of aromatic nitrogens is 2. The van der Waals surface area contributed by atoms with Crippen LogP contribution in [0.1, 0.15) is 62.5 Å². The van der Waals surface area contributed by atoms with E-state index in [0.717, 1.165) is 11.5 Å². The first kappa shape index (κ1) is 11.8. The van der Waals surface area contributed by atoms with Crippen LogP contribution in [0.25, 0.3) is 0 Å². The van der Waals surface area contributed by atoms with Crippen molar-refractivity contribution < 1.29 is 4.79 Å². The summed E-state index contributed by atoms with van der Waals surface area (Å²) in [6, 6.07) is 0. The number of primary amides is 1. The molecule has 0 bridgehead atoms. The molecular weight excluding hydrogens is 190 g/mol. The number of nitrogens with two attached hydrogens (primary N) is 1. The van der Waals surface area contributed by atoms with E-state index < -0.39 is 5.91 Å². The van der Waals surface area contributed by atoms with Crippen LogP contribution in [0.2, 0.25) is 0 Å². The van der Waals surface area contributed by atoms with E-state index in [4.69, 9.17) is 5.73 Å². The number of nitrogens with zero attached hydrogens (tertiary/aromatic N) is 1. The van der Waals surface area contributed by atoms with Crippen molar-refractivity contribution in [3.05, 3.63) is 17.2 Å². The Balaban J connectivity index is 3.30. The van der Waals surface area contributed by atoms with Crippen molar-refractivity contribution in [3.63, 3.8) is 0 Å². The summed E-state index contributed by atoms with van der Waals surface area (Å²) in [4.78, 5) is 18.7. The molecule has 0 aliphatic rings. The highest BCUT2D eigenvalue weighted by molar-refractivity contribution is 5.92. The number of amides is 1. The van der Waals surface area contributed by atoms with Gasteiger partial charge in [-0.1, -0.05) is 34.6 Å². The van der Waals surface area contributed by atoms with E-state index in [1.54, 1.807) is 0 Å². The van der Waals surface area contributed by atoms with E-state index in [2.05, 4.69) is 9.97 Å². The molecule has 0 saturated heterocycles. The van der Waals surface area contributed by atoms with Gasteiger partial charge in [-0.3, -0.25) is 4.79 Å². The van der Waals surface area contributed by atoms with E-state index >= 15 is 0 Å². The van der Waals surface area contributed by atoms with Gasteiger partial charge in [-0.05, 0) is 0 Å². The zero-order valence-corrected chi connectivity index (χ0v) is 10.0. The Morgan fingerprint density at radius 2 is 1.93 bits per heavy atom. The number of hydrogen-bond acceptors (Lipinski definition) is 2. The Kier molecular flexibility index (Phi) is 2.88. The van der Waals surface area contributed by atoms with Crippen molar-refractivity contribution in [2.45, 2.75) is 46.0 Å². The smallest absolute Gasteiger partial charge is 0.269 e. The van der Waals surface area contributed by atoms with E-state index in [9.17, 15) is 4.79 Å². The van der Waals surface area contributed by atoms with Gasteiger partial charge in [-0.2, -0.15) is 0 Å². The Bertz CT molecular complexity index is 372. The lowest BCUT2D eigenvalue weighted by Gasteiger charge is -2.17. The Hall–Kier alpha value is -1.32. The summed E-state index contributed by atoms with van der Waals surface area (Å²) in [7, 11) is 0. The van der Waals surface area contributed by atoms with E-state index in [1.165, 1.54) is 0 Å². The normalized spacial score (nSPS) is 12.1. The summed E-state index contributed by atoms with van der Waals surface area (Å²) in [6.45, 7) is 10.1. The maximum atomic E-state index is 11.2. The standard InChI is InChI=1S/C11H19N3O/c1-6(2)10-13-7(9(12)15)8(14-10)11(3,4)5/h6H,1-5H3,(H2,12,15)(H,13,14). The van der Waals surface area contributed by atoms with Gasteiger partial charge in [0.25, 0.3) is 5.91 Å². The molecule has 84 valence electrons. The van der Waals surface area contributed by atoms with Crippen LogP contribution in [0.15, 0.2) is 0 Å². The summed E-state index contributed by atoms with van der Waals surface area (Å²) in [6.07, 6.45) is 0. The average Bonchev–Trinajstić information content (AvgIpc) is 2.45. The fraction of sp³-hybridized carbons (Fsp3) is 0.636. The molecule has 1 heterocycles. The second-order valence-corrected chi connectivity index (χ2v) is 5.11. The molecule has 0 radical (unpaired) electrons. The average molecular weight is 209 g/mol. The number of aromatic amines is 1. The van der Waals surface area contributed by atoms with Crippen molar-refractivity contribution in [2.75, 3.05) is 0 Å². The molecule has 0 atom stereocenters. The topological polar surface area (TPSA) is 71.8 Å². The van der Waals surface area contributed by atoms with Crippen LogP contribution in [-0.4, -0.2) is 15.9 Å². The first-order valence-corrected chi connectivity index (χ1v) is 5.13. The highest BCUT2D eigenvalue weighted by Gasteiger charge is 2.25. The van der Waals surface area contributed by atoms with Gasteiger partial charge in [0, 0.05) is 11.3 Å². The molecule has 0 spiro atoms. The lowest BCUT2D eigenvalue weighted by atomic mass is 9.90.